The van der Waals surface area contributed by atoms with E-state index in [1.165, 1.54) is 0 Å². The number of piperidine rings is 1. The van der Waals surface area contributed by atoms with Gasteiger partial charge in [-0.2, -0.15) is 0 Å². The highest BCUT2D eigenvalue weighted by molar-refractivity contribution is 6.30. The lowest BCUT2D eigenvalue weighted by molar-refractivity contribution is -0.138. The van der Waals surface area contributed by atoms with Gasteiger partial charge in [-0.25, -0.2) is 0 Å². The van der Waals surface area contributed by atoms with Crippen molar-refractivity contribution in [2.75, 3.05) is 26.2 Å². The molecular weight excluding hydrogens is 422 g/mol. The maximum atomic E-state index is 13.8. The zero-order chi connectivity index (χ0) is 22.2. The monoisotopic (exact) mass is 449 g/mol. The summed E-state index contributed by atoms with van der Waals surface area (Å²) in [5.41, 5.74) is 2.03. The van der Waals surface area contributed by atoms with Crippen LogP contribution in [0.15, 0.2) is 79.1 Å². The maximum absolute atomic E-state index is 13.8. The Morgan fingerprint density at radius 1 is 1.00 bits per heavy atom. The van der Waals surface area contributed by atoms with Crippen LogP contribution < -0.4 is 10.1 Å². The Kier molecular flexibility index (Phi) is 7.75. The first-order valence-electron chi connectivity index (χ1n) is 11.1. The second-order valence-corrected chi connectivity index (χ2v) is 8.39. The van der Waals surface area contributed by atoms with Gasteiger partial charge in [-0.15, -0.1) is 0 Å². The summed E-state index contributed by atoms with van der Waals surface area (Å²) in [6.07, 6.45) is 5.23. The summed E-state index contributed by atoms with van der Waals surface area (Å²) in [5.74, 6) is 0.971. The molecule has 1 aliphatic heterocycles. The molecule has 1 fully saturated rings. The first-order chi connectivity index (χ1) is 15.7. The van der Waals surface area contributed by atoms with Crippen LogP contribution >= 0.6 is 11.6 Å². The maximum Gasteiger partial charge on any atom is 0.226 e. The van der Waals surface area contributed by atoms with Crippen LogP contribution in [0.25, 0.3) is 0 Å². The van der Waals surface area contributed by atoms with Gasteiger partial charge < -0.3 is 15.0 Å². The number of pyridine rings is 1. The number of nitrogens with zero attached hydrogens (tertiary/aromatic N) is 2. The standard InChI is InChI=1S/C26H28ClN3O2/c27-23-8-6-20(7-9-23)25(21-10-14-28-15-11-21)30(26(31)22-12-16-29-17-13-22)18-19-32-24-4-2-1-3-5-24/h1-11,14-15,22,25,29H,12-13,16-19H2/t25-/m0/s1. The van der Waals surface area contributed by atoms with E-state index < -0.39 is 0 Å². The highest BCUT2D eigenvalue weighted by atomic mass is 35.5. The largest absolute Gasteiger partial charge is 0.492 e. The molecule has 0 saturated carbocycles. The van der Waals surface area contributed by atoms with Gasteiger partial charge in [0.1, 0.15) is 12.4 Å². The number of aromatic nitrogens is 1. The summed E-state index contributed by atoms with van der Waals surface area (Å²) in [6, 6.07) is 21.1. The Bertz CT molecular complexity index is 977. The normalized spacial score (nSPS) is 15.2. The molecule has 0 spiro atoms. The third-order valence-corrected chi connectivity index (χ3v) is 6.09. The summed E-state index contributed by atoms with van der Waals surface area (Å²) in [5, 5.41) is 4.03. The second-order valence-electron chi connectivity index (χ2n) is 7.95. The van der Waals surface area contributed by atoms with E-state index in [0.717, 1.165) is 42.8 Å². The summed E-state index contributed by atoms with van der Waals surface area (Å²) in [4.78, 5) is 19.9. The van der Waals surface area contributed by atoms with Crippen LogP contribution in [-0.2, 0) is 4.79 Å². The highest BCUT2D eigenvalue weighted by Gasteiger charge is 2.32. The van der Waals surface area contributed by atoms with Crippen molar-refractivity contribution in [3.8, 4) is 5.75 Å². The Labute approximate surface area is 194 Å². The predicted octanol–water partition coefficient (Wildman–Crippen LogP) is 4.73. The van der Waals surface area contributed by atoms with Gasteiger partial charge in [0.15, 0.2) is 0 Å². The number of carbonyl (C=O) groups excluding carboxylic acids is 1. The van der Waals surface area contributed by atoms with Crippen LogP contribution in [0.3, 0.4) is 0 Å². The molecule has 1 aromatic heterocycles. The number of carbonyl (C=O) groups is 1. The molecule has 0 bridgehead atoms. The van der Waals surface area contributed by atoms with Crippen molar-refractivity contribution in [1.82, 2.24) is 15.2 Å². The molecule has 1 saturated heterocycles. The molecule has 1 aliphatic rings. The first kappa shape index (κ1) is 22.3. The van der Waals surface area contributed by atoms with Crippen LogP contribution in [0.5, 0.6) is 5.75 Å². The fourth-order valence-corrected chi connectivity index (χ4v) is 4.32. The number of hydrogen-bond acceptors (Lipinski definition) is 4. The van der Waals surface area contributed by atoms with Crippen molar-refractivity contribution in [1.29, 1.82) is 0 Å². The molecule has 0 aliphatic carbocycles. The van der Waals surface area contributed by atoms with Crippen molar-refractivity contribution in [3.63, 3.8) is 0 Å². The van der Waals surface area contributed by atoms with E-state index in [1.807, 2.05) is 71.6 Å². The van der Waals surface area contributed by atoms with Gasteiger partial charge in [0.25, 0.3) is 0 Å². The van der Waals surface area contributed by atoms with Crippen LogP contribution in [0.2, 0.25) is 5.02 Å². The van der Waals surface area contributed by atoms with Gasteiger partial charge in [0.2, 0.25) is 5.91 Å². The Morgan fingerprint density at radius 2 is 1.66 bits per heavy atom. The Balaban J connectivity index is 1.64. The van der Waals surface area contributed by atoms with Gasteiger partial charge >= 0.3 is 0 Å². The number of para-hydroxylation sites is 1. The van der Waals surface area contributed by atoms with E-state index in [2.05, 4.69) is 10.3 Å². The number of nitrogens with one attached hydrogen (secondary N) is 1. The lowest BCUT2D eigenvalue weighted by atomic mass is 9.92. The van der Waals surface area contributed by atoms with Gasteiger partial charge in [-0.05, 0) is 73.5 Å². The molecule has 32 heavy (non-hydrogen) atoms. The molecular formula is C26H28ClN3O2. The number of hydrogen-bond donors (Lipinski definition) is 1. The van der Waals surface area contributed by atoms with Crippen molar-refractivity contribution < 1.29 is 9.53 Å². The number of halogens is 1. The average Bonchev–Trinajstić information content (AvgIpc) is 2.86. The third kappa shape index (κ3) is 5.67. The zero-order valence-electron chi connectivity index (χ0n) is 18.0. The van der Waals surface area contributed by atoms with Crippen LogP contribution in [0.1, 0.15) is 30.0 Å². The van der Waals surface area contributed by atoms with E-state index in [-0.39, 0.29) is 17.9 Å². The van der Waals surface area contributed by atoms with Crippen LogP contribution in [-0.4, -0.2) is 42.0 Å². The van der Waals surface area contributed by atoms with Gasteiger partial charge in [0, 0.05) is 23.3 Å². The van der Waals surface area contributed by atoms with Gasteiger partial charge in [-0.1, -0.05) is 41.9 Å². The molecule has 166 valence electrons. The Morgan fingerprint density at radius 3 is 2.34 bits per heavy atom. The number of amides is 1. The molecule has 2 heterocycles. The van der Waals surface area contributed by atoms with E-state index in [9.17, 15) is 4.79 Å². The minimum Gasteiger partial charge on any atom is -0.492 e. The van der Waals surface area contributed by atoms with E-state index in [0.29, 0.717) is 18.2 Å². The highest BCUT2D eigenvalue weighted by Crippen LogP contribution is 2.32. The third-order valence-electron chi connectivity index (χ3n) is 5.83. The summed E-state index contributed by atoms with van der Waals surface area (Å²) in [7, 11) is 0. The minimum absolute atomic E-state index is 0.00427. The minimum atomic E-state index is -0.239. The van der Waals surface area contributed by atoms with E-state index in [1.54, 1.807) is 12.4 Å². The fraction of sp³-hybridized carbons (Fsp3) is 0.308. The summed E-state index contributed by atoms with van der Waals surface area (Å²) < 4.78 is 5.98. The summed E-state index contributed by atoms with van der Waals surface area (Å²) in [6.45, 7) is 2.63. The molecule has 0 unspecified atom stereocenters. The molecule has 1 N–H and O–H groups in total. The van der Waals surface area contributed by atoms with Crippen LogP contribution in [0.4, 0.5) is 0 Å². The molecule has 0 radical (unpaired) electrons. The van der Waals surface area contributed by atoms with Crippen molar-refractivity contribution in [3.05, 3.63) is 95.3 Å². The van der Waals surface area contributed by atoms with Crippen molar-refractivity contribution in [2.24, 2.45) is 5.92 Å². The average molecular weight is 450 g/mol. The molecule has 6 heteroatoms. The smallest absolute Gasteiger partial charge is 0.226 e. The second kappa shape index (κ2) is 11.1. The molecule has 1 atom stereocenters. The molecule has 2 aromatic carbocycles. The molecule has 4 rings (SSSR count). The predicted molar refractivity (Wildman–Crippen MR) is 127 cm³/mol. The zero-order valence-corrected chi connectivity index (χ0v) is 18.7. The number of rotatable bonds is 8. The number of benzene rings is 2. The SMILES string of the molecule is O=C(C1CCNCC1)N(CCOc1ccccc1)[C@H](c1ccncc1)c1ccc(Cl)cc1. The Hall–Kier alpha value is -2.89. The molecule has 5 nitrogen and oxygen atoms in total. The first-order valence-corrected chi connectivity index (χ1v) is 11.4. The van der Waals surface area contributed by atoms with Crippen molar-refractivity contribution in [2.45, 2.75) is 18.9 Å². The quantitative estimate of drug-likeness (QED) is 0.540. The van der Waals surface area contributed by atoms with Crippen molar-refractivity contribution >= 4 is 17.5 Å². The fourth-order valence-electron chi connectivity index (χ4n) is 4.19. The van der Waals surface area contributed by atoms with Gasteiger partial charge in [-0.3, -0.25) is 9.78 Å². The molecule has 1 amide bonds. The van der Waals surface area contributed by atoms with Gasteiger partial charge in [0.05, 0.1) is 12.6 Å². The number of ether oxygens (including phenoxy) is 1. The van der Waals surface area contributed by atoms with E-state index >= 15 is 0 Å². The topological polar surface area (TPSA) is 54.5 Å². The van der Waals surface area contributed by atoms with E-state index in [4.69, 9.17) is 16.3 Å². The lowest BCUT2D eigenvalue weighted by Gasteiger charge is -2.36. The lowest BCUT2D eigenvalue weighted by Crippen LogP contribution is -2.44. The molecule has 3 aromatic rings. The summed E-state index contributed by atoms with van der Waals surface area (Å²) >= 11 is 6.16. The van der Waals surface area contributed by atoms with Crippen LogP contribution in [0, 0.1) is 5.92 Å².